The molecule has 0 fully saturated rings. The van der Waals surface area contributed by atoms with Crippen molar-refractivity contribution in [2.75, 3.05) is 0 Å². The van der Waals surface area contributed by atoms with Gasteiger partial charge in [0.2, 0.25) is 0 Å². The quantitative estimate of drug-likeness (QED) is 0.632. The Morgan fingerprint density at radius 2 is 2.00 bits per heavy atom. The third-order valence-corrected chi connectivity index (χ3v) is 2.32. The Hall–Kier alpha value is -0.350. The smallest absolute Gasteiger partial charge is 0.298 e. The van der Waals surface area contributed by atoms with E-state index in [4.69, 9.17) is 4.74 Å². The molecule has 0 spiro atoms. The second-order valence-corrected chi connectivity index (χ2v) is 5.11. The lowest BCUT2D eigenvalue weighted by Crippen LogP contribution is -1.93. The van der Waals surface area contributed by atoms with Crippen LogP contribution in [0.2, 0.25) is 0 Å². The molecule has 64 valence electrons. The molecule has 0 saturated heterocycles. The molecule has 0 aliphatic rings. The molecule has 0 aromatic heterocycles. The predicted octanol–water partition coefficient (Wildman–Crippen LogP) is 3.01. The zero-order chi connectivity index (χ0) is 8.97. The molecule has 0 radical (unpaired) electrons. The molecular weight excluding hydrogens is 288 g/mol. The summed E-state index contributed by atoms with van der Waals surface area (Å²) >= 11 is 6.65. The van der Waals surface area contributed by atoms with Gasteiger partial charge in [0.1, 0.15) is 5.75 Å². The van der Waals surface area contributed by atoms with Crippen molar-refractivity contribution in [2.45, 2.75) is 3.74 Å². The highest BCUT2D eigenvalue weighted by Crippen LogP contribution is 2.35. The minimum absolute atomic E-state index is 0.00106. The third kappa shape index (κ3) is 2.32. The van der Waals surface area contributed by atoms with Crippen molar-refractivity contribution in [3.05, 3.63) is 29.8 Å². The van der Waals surface area contributed by atoms with Gasteiger partial charge in [0.25, 0.3) is 6.47 Å². The van der Waals surface area contributed by atoms with Crippen LogP contribution in [0.1, 0.15) is 9.30 Å². The molecule has 0 saturated carbocycles. The average Bonchev–Trinajstić information content (AvgIpc) is 2.05. The molecule has 0 amide bonds. The van der Waals surface area contributed by atoms with Gasteiger partial charge < -0.3 is 4.74 Å². The summed E-state index contributed by atoms with van der Waals surface area (Å²) in [4.78, 5) is 10.1. The number of halogens is 2. The van der Waals surface area contributed by atoms with Gasteiger partial charge in [-0.1, -0.05) is 50.1 Å². The fourth-order valence-corrected chi connectivity index (χ4v) is 1.58. The number of para-hydroxylation sites is 1. The summed E-state index contributed by atoms with van der Waals surface area (Å²) in [5.74, 6) is 0.561. The number of carbonyl (C=O) groups excluding carboxylic acids is 1. The minimum atomic E-state index is 0.00106. The van der Waals surface area contributed by atoms with Crippen molar-refractivity contribution < 1.29 is 9.53 Å². The van der Waals surface area contributed by atoms with Gasteiger partial charge in [0.15, 0.2) is 0 Å². The van der Waals surface area contributed by atoms with Crippen molar-refractivity contribution in [2.24, 2.45) is 0 Å². The maximum absolute atomic E-state index is 10.1. The zero-order valence-corrected chi connectivity index (χ0v) is 9.21. The first kappa shape index (κ1) is 9.74. The number of alkyl halides is 2. The number of hydrogen-bond acceptors (Lipinski definition) is 2. The molecule has 4 heteroatoms. The van der Waals surface area contributed by atoms with Crippen molar-refractivity contribution in [1.82, 2.24) is 0 Å². The van der Waals surface area contributed by atoms with Gasteiger partial charge in [-0.05, 0) is 6.07 Å². The molecule has 0 bridgehead atoms. The number of benzene rings is 1. The maximum atomic E-state index is 10.1. The molecular formula is C8H6Br2O2. The largest absolute Gasteiger partial charge is 0.428 e. The molecule has 0 heterocycles. The Balaban J connectivity index is 2.99. The highest BCUT2D eigenvalue weighted by Gasteiger charge is 2.08. The molecule has 0 aliphatic carbocycles. The van der Waals surface area contributed by atoms with E-state index >= 15 is 0 Å². The molecule has 0 aliphatic heterocycles. The van der Waals surface area contributed by atoms with Crippen molar-refractivity contribution in [3.8, 4) is 5.75 Å². The molecule has 2 nitrogen and oxygen atoms in total. The van der Waals surface area contributed by atoms with Crippen LogP contribution in [0.5, 0.6) is 5.75 Å². The summed E-state index contributed by atoms with van der Waals surface area (Å²) in [6, 6.07) is 7.29. The van der Waals surface area contributed by atoms with Crippen LogP contribution in [-0.2, 0) is 4.79 Å². The van der Waals surface area contributed by atoms with Crippen LogP contribution in [0.4, 0.5) is 0 Å². The topological polar surface area (TPSA) is 26.3 Å². The third-order valence-electron chi connectivity index (χ3n) is 1.33. The van der Waals surface area contributed by atoms with E-state index < -0.39 is 0 Å². The molecule has 1 rings (SSSR count). The summed E-state index contributed by atoms with van der Waals surface area (Å²) in [6.07, 6.45) is 0. The first-order chi connectivity index (χ1) is 5.75. The molecule has 1 aromatic carbocycles. The number of rotatable bonds is 3. The van der Waals surface area contributed by atoms with E-state index in [1.165, 1.54) is 0 Å². The van der Waals surface area contributed by atoms with Crippen LogP contribution >= 0.6 is 31.9 Å². The van der Waals surface area contributed by atoms with Gasteiger partial charge in [-0.2, -0.15) is 0 Å². The minimum Gasteiger partial charge on any atom is -0.428 e. The summed E-state index contributed by atoms with van der Waals surface area (Å²) in [6.45, 7) is 0.418. The van der Waals surface area contributed by atoms with E-state index in [0.29, 0.717) is 12.2 Å². The van der Waals surface area contributed by atoms with Crippen molar-refractivity contribution >= 4 is 38.3 Å². The van der Waals surface area contributed by atoms with Crippen LogP contribution in [0.3, 0.4) is 0 Å². The first-order valence-corrected chi connectivity index (χ1v) is 5.06. The van der Waals surface area contributed by atoms with E-state index in [9.17, 15) is 4.79 Å². The van der Waals surface area contributed by atoms with Gasteiger partial charge >= 0.3 is 0 Å². The Morgan fingerprint density at radius 3 is 2.58 bits per heavy atom. The normalized spacial score (nSPS) is 9.92. The van der Waals surface area contributed by atoms with Crippen LogP contribution in [0.15, 0.2) is 24.3 Å². The monoisotopic (exact) mass is 292 g/mol. The number of carbonyl (C=O) groups is 1. The lowest BCUT2D eigenvalue weighted by molar-refractivity contribution is -0.120. The van der Waals surface area contributed by atoms with Crippen LogP contribution in [-0.4, -0.2) is 6.47 Å². The Labute approximate surface area is 87.2 Å². The molecule has 1 aromatic rings. The van der Waals surface area contributed by atoms with Gasteiger partial charge in [-0.15, -0.1) is 0 Å². The molecule has 0 N–H and O–H groups in total. The van der Waals surface area contributed by atoms with Crippen molar-refractivity contribution in [1.29, 1.82) is 0 Å². The van der Waals surface area contributed by atoms with Gasteiger partial charge in [-0.3, -0.25) is 4.79 Å². The highest BCUT2D eigenvalue weighted by molar-refractivity contribution is 9.24. The SMILES string of the molecule is O=COc1ccccc1C(Br)Br. The highest BCUT2D eigenvalue weighted by atomic mass is 79.9. The van der Waals surface area contributed by atoms with E-state index in [1.807, 2.05) is 18.2 Å². The molecule has 12 heavy (non-hydrogen) atoms. The predicted molar refractivity (Wildman–Crippen MR) is 53.7 cm³/mol. The second kappa shape index (κ2) is 4.62. The number of hydrogen-bond donors (Lipinski definition) is 0. The molecule has 0 atom stereocenters. The van der Waals surface area contributed by atoms with E-state index in [1.54, 1.807) is 6.07 Å². The van der Waals surface area contributed by atoms with E-state index in [0.717, 1.165) is 5.56 Å². The van der Waals surface area contributed by atoms with E-state index in [2.05, 4.69) is 31.9 Å². The standard InChI is InChI=1S/C8H6Br2O2/c9-8(10)6-3-1-2-4-7(6)12-5-11/h1-5,8H. The Bertz CT molecular complexity index is 274. The van der Waals surface area contributed by atoms with E-state index in [-0.39, 0.29) is 3.74 Å². The summed E-state index contributed by atoms with van der Waals surface area (Å²) in [5.41, 5.74) is 0.893. The fraction of sp³-hybridized carbons (Fsp3) is 0.125. The molecule has 0 unspecified atom stereocenters. The van der Waals surface area contributed by atoms with Gasteiger partial charge in [0, 0.05) is 5.56 Å². The average molecular weight is 294 g/mol. The van der Waals surface area contributed by atoms with Crippen molar-refractivity contribution in [3.63, 3.8) is 0 Å². The first-order valence-electron chi connectivity index (χ1n) is 3.23. The summed E-state index contributed by atoms with van der Waals surface area (Å²) in [7, 11) is 0. The second-order valence-electron chi connectivity index (χ2n) is 2.05. The zero-order valence-electron chi connectivity index (χ0n) is 6.04. The maximum Gasteiger partial charge on any atom is 0.298 e. The lowest BCUT2D eigenvalue weighted by atomic mass is 10.2. The van der Waals surface area contributed by atoms with Crippen LogP contribution < -0.4 is 4.74 Å². The lowest BCUT2D eigenvalue weighted by Gasteiger charge is -2.06. The van der Waals surface area contributed by atoms with Crippen LogP contribution in [0.25, 0.3) is 0 Å². The number of ether oxygens (including phenoxy) is 1. The summed E-state index contributed by atoms with van der Waals surface area (Å²) in [5, 5.41) is 0. The summed E-state index contributed by atoms with van der Waals surface area (Å²) < 4.78 is 4.76. The van der Waals surface area contributed by atoms with Crippen LogP contribution in [0, 0.1) is 0 Å². The fourth-order valence-electron chi connectivity index (χ4n) is 0.820. The van der Waals surface area contributed by atoms with Gasteiger partial charge in [0.05, 0.1) is 3.74 Å². The Kier molecular flexibility index (Phi) is 3.75. The van der Waals surface area contributed by atoms with Gasteiger partial charge in [-0.25, -0.2) is 0 Å². The Morgan fingerprint density at radius 1 is 1.33 bits per heavy atom.